The minimum Gasteiger partial charge on any atom is -0.359 e. The van der Waals surface area contributed by atoms with E-state index in [-0.39, 0.29) is 0 Å². The first-order valence-electron chi connectivity index (χ1n) is 6.06. The van der Waals surface area contributed by atoms with Crippen molar-refractivity contribution in [3.05, 3.63) is 24.2 Å². The molecule has 0 aliphatic heterocycles. The summed E-state index contributed by atoms with van der Waals surface area (Å²) in [4.78, 5) is 7.54. The highest BCUT2D eigenvalue weighted by Crippen LogP contribution is 2.38. The molecule has 2 aromatic heterocycles. The zero-order valence-corrected chi connectivity index (χ0v) is 9.60. The molecule has 17 heavy (non-hydrogen) atoms. The molecule has 0 aromatic carbocycles. The van der Waals surface area contributed by atoms with Crippen LogP contribution < -0.4 is 5.73 Å². The normalized spacial score (nSPS) is 24.3. The molecule has 0 amide bonds. The first kappa shape index (κ1) is 10.5. The largest absolute Gasteiger partial charge is 0.359 e. The lowest BCUT2D eigenvalue weighted by atomic mass is 9.96. The molecule has 3 rings (SSSR count). The number of aromatic nitrogens is 3. The molecule has 90 valence electrons. The van der Waals surface area contributed by atoms with Crippen LogP contribution >= 0.6 is 0 Å². The van der Waals surface area contributed by atoms with Crippen molar-refractivity contribution in [3.8, 4) is 11.5 Å². The maximum Gasteiger partial charge on any atom is 0.230 e. The summed E-state index contributed by atoms with van der Waals surface area (Å²) in [6.07, 6.45) is 5.33. The highest BCUT2D eigenvalue weighted by Gasteiger charge is 2.32. The molecule has 1 saturated carbocycles. The Labute approximate surface area is 99.4 Å². The van der Waals surface area contributed by atoms with Crippen molar-refractivity contribution < 1.29 is 4.52 Å². The van der Waals surface area contributed by atoms with Crippen molar-refractivity contribution in [1.82, 2.24) is 15.1 Å². The van der Waals surface area contributed by atoms with Gasteiger partial charge in [0.15, 0.2) is 0 Å². The minimum atomic E-state index is 0.344. The predicted molar refractivity (Wildman–Crippen MR) is 63.2 cm³/mol. The summed E-state index contributed by atoms with van der Waals surface area (Å²) >= 11 is 0. The fourth-order valence-corrected chi connectivity index (χ4v) is 2.61. The Bertz CT molecular complexity index is 476. The Morgan fingerprint density at radius 2 is 2.41 bits per heavy atom. The molecule has 1 aliphatic rings. The second-order valence-electron chi connectivity index (χ2n) is 4.57. The van der Waals surface area contributed by atoms with Crippen LogP contribution in [0.25, 0.3) is 11.5 Å². The highest BCUT2D eigenvalue weighted by molar-refractivity contribution is 5.47. The number of nitrogens with two attached hydrogens (primary N) is 1. The van der Waals surface area contributed by atoms with Crippen LogP contribution in [0.4, 0.5) is 0 Å². The summed E-state index contributed by atoms with van der Waals surface area (Å²) in [7, 11) is 0. The molecule has 2 unspecified atom stereocenters. The van der Waals surface area contributed by atoms with Crippen molar-refractivity contribution in [2.75, 3.05) is 6.54 Å². The third kappa shape index (κ3) is 1.86. The van der Waals surface area contributed by atoms with E-state index in [1.807, 2.05) is 18.3 Å². The number of hydrogen-bond acceptors (Lipinski definition) is 4. The van der Waals surface area contributed by atoms with Crippen LogP contribution in [0.3, 0.4) is 0 Å². The number of H-pyrrole nitrogens is 1. The summed E-state index contributed by atoms with van der Waals surface area (Å²) < 4.78 is 5.37. The Morgan fingerprint density at radius 3 is 3.18 bits per heavy atom. The summed E-state index contributed by atoms with van der Waals surface area (Å²) in [5.41, 5.74) is 6.66. The fourth-order valence-electron chi connectivity index (χ4n) is 2.61. The van der Waals surface area contributed by atoms with Gasteiger partial charge < -0.3 is 15.2 Å². The third-order valence-electron chi connectivity index (χ3n) is 3.56. The van der Waals surface area contributed by atoms with Gasteiger partial charge in [0, 0.05) is 12.1 Å². The number of hydrogen-bond donors (Lipinski definition) is 2. The number of aromatic amines is 1. The Balaban J connectivity index is 1.85. The molecule has 1 fully saturated rings. The quantitative estimate of drug-likeness (QED) is 0.847. The number of rotatable bonds is 3. The highest BCUT2D eigenvalue weighted by atomic mass is 16.5. The van der Waals surface area contributed by atoms with Crippen LogP contribution in [0.2, 0.25) is 0 Å². The maximum atomic E-state index is 5.77. The zero-order valence-electron chi connectivity index (χ0n) is 9.60. The van der Waals surface area contributed by atoms with Gasteiger partial charge in [-0.05, 0) is 37.4 Å². The second-order valence-corrected chi connectivity index (χ2v) is 4.57. The van der Waals surface area contributed by atoms with E-state index in [0.717, 1.165) is 18.0 Å². The van der Waals surface area contributed by atoms with E-state index in [9.17, 15) is 0 Å². The van der Waals surface area contributed by atoms with Gasteiger partial charge in [-0.3, -0.25) is 0 Å². The molecule has 2 heterocycles. The molecule has 2 aromatic rings. The molecule has 1 aliphatic carbocycles. The Hall–Kier alpha value is -1.62. The van der Waals surface area contributed by atoms with Crippen molar-refractivity contribution in [2.45, 2.75) is 25.2 Å². The molecular weight excluding hydrogens is 216 g/mol. The first-order chi connectivity index (χ1) is 8.38. The van der Waals surface area contributed by atoms with E-state index in [0.29, 0.717) is 24.2 Å². The molecule has 5 heteroatoms. The van der Waals surface area contributed by atoms with E-state index in [1.54, 1.807) is 0 Å². The lowest BCUT2D eigenvalue weighted by Crippen LogP contribution is -2.17. The fraction of sp³-hybridized carbons (Fsp3) is 0.500. The lowest BCUT2D eigenvalue weighted by Gasteiger charge is -2.12. The average molecular weight is 232 g/mol. The Kier molecular flexibility index (Phi) is 2.68. The van der Waals surface area contributed by atoms with Crippen LogP contribution in [0.1, 0.15) is 31.1 Å². The van der Waals surface area contributed by atoms with Gasteiger partial charge in [-0.2, -0.15) is 4.98 Å². The SMILES string of the molecule is NCC1CCCC1c1nc(-c2ccc[nH]2)no1. The summed E-state index contributed by atoms with van der Waals surface area (Å²) in [6, 6.07) is 3.85. The third-order valence-corrected chi connectivity index (χ3v) is 3.56. The average Bonchev–Trinajstić information content (AvgIpc) is 3.09. The summed E-state index contributed by atoms with van der Waals surface area (Å²) in [5, 5.41) is 4.01. The van der Waals surface area contributed by atoms with Crippen LogP contribution in [-0.2, 0) is 0 Å². The van der Waals surface area contributed by atoms with E-state index in [1.165, 1.54) is 12.8 Å². The monoisotopic (exact) mass is 232 g/mol. The number of nitrogens with one attached hydrogen (secondary N) is 1. The van der Waals surface area contributed by atoms with Crippen molar-refractivity contribution in [3.63, 3.8) is 0 Å². The molecule has 0 radical (unpaired) electrons. The van der Waals surface area contributed by atoms with Gasteiger partial charge in [0.1, 0.15) is 0 Å². The smallest absolute Gasteiger partial charge is 0.230 e. The van der Waals surface area contributed by atoms with Crippen LogP contribution in [0.5, 0.6) is 0 Å². The van der Waals surface area contributed by atoms with E-state index >= 15 is 0 Å². The van der Waals surface area contributed by atoms with Gasteiger partial charge >= 0.3 is 0 Å². The molecule has 5 nitrogen and oxygen atoms in total. The maximum absolute atomic E-state index is 5.77. The molecule has 0 bridgehead atoms. The second kappa shape index (κ2) is 4.33. The standard InChI is InChI=1S/C12H16N4O/c13-7-8-3-1-4-9(8)12-15-11(16-17-12)10-5-2-6-14-10/h2,5-6,8-9,14H,1,3-4,7,13H2. The van der Waals surface area contributed by atoms with Gasteiger partial charge in [0.25, 0.3) is 0 Å². The summed E-state index contributed by atoms with van der Waals surface area (Å²) in [6.45, 7) is 0.699. The van der Waals surface area contributed by atoms with Crippen LogP contribution in [0, 0.1) is 5.92 Å². The summed E-state index contributed by atoms with van der Waals surface area (Å²) in [5.74, 6) is 2.21. The van der Waals surface area contributed by atoms with Gasteiger partial charge in [0.05, 0.1) is 5.69 Å². The van der Waals surface area contributed by atoms with Crippen molar-refractivity contribution in [2.24, 2.45) is 11.7 Å². The van der Waals surface area contributed by atoms with Crippen molar-refractivity contribution >= 4 is 0 Å². The van der Waals surface area contributed by atoms with Crippen LogP contribution in [0.15, 0.2) is 22.9 Å². The molecule has 0 saturated heterocycles. The Morgan fingerprint density at radius 1 is 1.47 bits per heavy atom. The minimum absolute atomic E-state index is 0.344. The molecule has 0 spiro atoms. The van der Waals surface area contributed by atoms with E-state index < -0.39 is 0 Å². The van der Waals surface area contributed by atoms with Crippen molar-refractivity contribution in [1.29, 1.82) is 0 Å². The lowest BCUT2D eigenvalue weighted by molar-refractivity contribution is 0.326. The molecular formula is C12H16N4O. The topological polar surface area (TPSA) is 80.7 Å². The van der Waals surface area contributed by atoms with Crippen LogP contribution in [-0.4, -0.2) is 21.7 Å². The van der Waals surface area contributed by atoms with E-state index in [4.69, 9.17) is 10.3 Å². The zero-order chi connectivity index (χ0) is 11.7. The molecule has 3 N–H and O–H groups in total. The van der Waals surface area contributed by atoms with Gasteiger partial charge in [-0.15, -0.1) is 0 Å². The molecule has 2 atom stereocenters. The first-order valence-corrected chi connectivity index (χ1v) is 6.06. The van der Waals surface area contributed by atoms with Gasteiger partial charge in [0.2, 0.25) is 11.7 Å². The number of nitrogens with zero attached hydrogens (tertiary/aromatic N) is 2. The van der Waals surface area contributed by atoms with E-state index in [2.05, 4.69) is 15.1 Å². The van der Waals surface area contributed by atoms with Gasteiger partial charge in [-0.25, -0.2) is 0 Å². The van der Waals surface area contributed by atoms with Gasteiger partial charge in [-0.1, -0.05) is 11.6 Å². The predicted octanol–water partition coefficient (Wildman–Crippen LogP) is 1.91.